The summed E-state index contributed by atoms with van der Waals surface area (Å²) >= 11 is 1.05. The topological polar surface area (TPSA) is 86.6 Å². The van der Waals surface area contributed by atoms with Gasteiger partial charge in [-0.25, -0.2) is 0 Å². The summed E-state index contributed by atoms with van der Waals surface area (Å²) in [5, 5.41) is 20.7. The number of aliphatic hydroxyl groups excluding tert-OH is 1. The van der Waals surface area contributed by atoms with Crippen LogP contribution in [0.15, 0.2) is 0 Å². The summed E-state index contributed by atoms with van der Waals surface area (Å²) in [5.41, 5.74) is 0. The van der Waals surface area contributed by atoms with Crippen molar-refractivity contribution in [2.24, 2.45) is 5.92 Å². The lowest BCUT2D eigenvalue weighted by molar-refractivity contribution is -0.133. The molecule has 0 aliphatic heterocycles. The van der Waals surface area contributed by atoms with E-state index in [1.54, 1.807) is 0 Å². The van der Waals surface area contributed by atoms with Gasteiger partial charge in [-0.15, -0.1) is 11.8 Å². The third kappa shape index (κ3) is 8.04. The maximum Gasteiger partial charge on any atom is 0.313 e. The van der Waals surface area contributed by atoms with Crippen LogP contribution in [0, 0.1) is 5.92 Å². The Morgan fingerprint density at radius 2 is 1.82 bits per heavy atom. The second-order valence-electron chi connectivity index (χ2n) is 3.83. The Balaban J connectivity index is 3.72. The number of rotatable bonds is 9. The van der Waals surface area contributed by atoms with Crippen molar-refractivity contribution in [3.8, 4) is 0 Å². The summed E-state index contributed by atoms with van der Waals surface area (Å²) in [6.07, 6.45) is 1.22. The van der Waals surface area contributed by atoms with Crippen molar-refractivity contribution >= 4 is 23.6 Å². The summed E-state index contributed by atoms with van der Waals surface area (Å²) in [6, 6.07) is 0. The molecule has 0 saturated heterocycles. The van der Waals surface area contributed by atoms with E-state index in [2.05, 4.69) is 5.32 Å². The minimum atomic E-state index is -0.931. The first kappa shape index (κ1) is 16.2. The largest absolute Gasteiger partial charge is 0.481 e. The van der Waals surface area contributed by atoms with Crippen LogP contribution in [0.5, 0.6) is 0 Å². The zero-order valence-electron chi connectivity index (χ0n) is 10.3. The van der Waals surface area contributed by atoms with Crippen LogP contribution < -0.4 is 5.32 Å². The summed E-state index contributed by atoms with van der Waals surface area (Å²) in [7, 11) is 0. The number of carboxylic acids is 1. The molecule has 0 aliphatic carbocycles. The van der Waals surface area contributed by atoms with E-state index in [1.807, 2.05) is 13.8 Å². The first-order valence-corrected chi connectivity index (χ1v) is 6.91. The molecule has 0 saturated carbocycles. The van der Waals surface area contributed by atoms with Crippen molar-refractivity contribution in [2.45, 2.75) is 32.8 Å². The fourth-order valence-electron chi connectivity index (χ4n) is 1.50. The van der Waals surface area contributed by atoms with Gasteiger partial charge in [0.2, 0.25) is 5.91 Å². The SMILES string of the molecule is CCC(CC)C(O)CNC(=O)CSCC(=O)O. The number of amides is 1. The number of carbonyl (C=O) groups is 2. The fourth-order valence-corrected chi connectivity index (χ4v) is 2.06. The number of aliphatic carboxylic acids is 1. The molecule has 0 bridgehead atoms. The predicted molar refractivity (Wildman–Crippen MR) is 68.0 cm³/mol. The zero-order chi connectivity index (χ0) is 13.3. The van der Waals surface area contributed by atoms with E-state index in [9.17, 15) is 14.7 Å². The van der Waals surface area contributed by atoms with E-state index in [1.165, 1.54) is 0 Å². The van der Waals surface area contributed by atoms with Gasteiger partial charge in [-0.05, 0) is 5.92 Å². The first-order chi connectivity index (χ1) is 8.01. The molecule has 0 rings (SSSR count). The predicted octanol–water partition coefficient (Wildman–Crippen LogP) is 0.717. The Kier molecular flexibility index (Phi) is 8.89. The molecule has 0 spiro atoms. The molecule has 1 atom stereocenters. The Hall–Kier alpha value is -0.750. The number of hydrogen-bond donors (Lipinski definition) is 3. The van der Waals surface area contributed by atoms with Crippen LogP contribution in [0.4, 0.5) is 0 Å². The Morgan fingerprint density at radius 1 is 1.24 bits per heavy atom. The van der Waals surface area contributed by atoms with Gasteiger partial charge in [0.15, 0.2) is 0 Å². The van der Waals surface area contributed by atoms with Gasteiger partial charge in [0.1, 0.15) is 0 Å². The average molecular weight is 263 g/mol. The van der Waals surface area contributed by atoms with Gasteiger partial charge in [0.25, 0.3) is 0 Å². The molecule has 5 nitrogen and oxygen atoms in total. The van der Waals surface area contributed by atoms with Crippen LogP contribution in [0.25, 0.3) is 0 Å². The second-order valence-corrected chi connectivity index (χ2v) is 4.82. The molecule has 6 heteroatoms. The smallest absolute Gasteiger partial charge is 0.313 e. The lowest BCUT2D eigenvalue weighted by Crippen LogP contribution is -2.37. The molecule has 0 aromatic rings. The molecule has 0 aromatic carbocycles. The number of nitrogens with one attached hydrogen (secondary N) is 1. The molecule has 0 aliphatic rings. The van der Waals surface area contributed by atoms with Gasteiger partial charge in [0, 0.05) is 6.54 Å². The minimum Gasteiger partial charge on any atom is -0.481 e. The van der Waals surface area contributed by atoms with E-state index in [4.69, 9.17) is 5.11 Å². The molecule has 17 heavy (non-hydrogen) atoms. The summed E-state index contributed by atoms with van der Waals surface area (Å²) in [4.78, 5) is 21.5. The minimum absolute atomic E-state index is 0.0808. The molecule has 0 aromatic heterocycles. The van der Waals surface area contributed by atoms with Crippen LogP contribution in [-0.4, -0.2) is 46.2 Å². The zero-order valence-corrected chi connectivity index (χ0v) is 11.1. The highest BCUT2D eigenvalue weighted by molar-refractivity contribution is 8.00. The highest BCUT2D eigenvalue weighted by Crippen LogP contribution is 2.12. The van der Waals surface area contributed by atoms with Crippen molar-refractivity contribution in [1.82, 2.24) is 5.32 Å². The molecular weight excluding hydrogens is 242 g/mol. The van der Waals surface area contributed by atoms with E-state index in [0.717, 1.165) is 24.6 Å². The fraction of sp³-hybridized carbons (Fsp3) is 0.818. The number of aliphatic hydroxyl groups is 1. The van der Waals surface area contributed by atoms with Crippen molar-refractivity contribution in [1.29, 1.82) is 0 Å². The number of carbonyl (C=O) groups excluding carboxylic acids is 1. The van der Waals surface area contributed by atoms with E-state index >= 15 is 0 Å². The maximum atomic E-state index is 11.3. The van der Waals surface area contributed by atoms with Crippen LogP contribution in [-0.2, 0) is 9.59 Å². The van der Waals surface area contributed by atoms with Gasteiger partial charge in [-0.2, -0.15) is 0 Å². The lowest BCUT2D eigenvalue weighted by atomic mass is 9.97. The van der Waals surface area contributed by atoms with Gasteiger partial charge >= 0.3 is 5.97 Å². The Morgan fingerprint density at radius 3 is 2.29 bits per heavy atom. The standard InChI is InChI=1S/C11H21NO4S/c1-3-8(4-2)9(13)5-12-10(14)6-17-7-11(15)16/h8-9,13H,3-7H2,1-2H3,(H,12,14)(H,15,16). The Bertz CT molecular complexity index is 244. The van der Waals surface area contributed by atoms with Crippen LogP contribution in [0.1, 0.15) is 26.7 Å². The number of thioether (sulfide) groups is 1. The molecule has 0 heterocycles. The van der Waals surface area contributed by atoms with E-state index in [0.29, 0.717) is 0 Å². The monoisotopic (exact) mass is 263 g/mol. The third-order valence-corrected chi connectivity index (χ3v) is 3.48. The number of hydrogen-bond acceptors (Lipinski definition) is 4. The van der Waals surface area contributed by atoms with Crippen LogP contribution in [0.3, 0.4) is 0 Å². The molecule has 1 amide bonds. The first-order valence-electron chi connectivity index (χ1n) is 5.75. The molecule has 0 radical (unpaired) electrons. The summed E-state index contributed by atoms with van der Waals surface area (Å²) in [6.45, 7) is 4.24. The van der Waals surface area contributed by atoms with Crippen molar-refractivity contribution in [2.75, 3.05) is 18.1 Å². The van der Waals surface area contributed by atoms with Crippen LogP contribution in [0.2, 0.25) is 0 Å². The summed E-state index contributed by atoms with van der Waals surface area (Å²) < 4.78 is 0. The molecule has 100 valence electrons. The maximum absolute atomic E-state index is 11.3. The highest BCUT2D eigenvalue weighted by atomic mass is 32.2. The normalized spacial score (nSPS) is 12.5. The van der Waals surface area contributed by atoms with Gasteiger partial charge < -0.3 is 15.5 Å². The quantitative estimate of drug-likeness (QED) is 0.570. The Labute approximate surface area is 106 Å². The second kappa shape index (κ2) is 9.30. The molecular formula is C11H21NO4S. The van der Waals surface area contributed by atoms with Gasteiger partial charge in [0.05, 0.1) is 17.6 Å². The van der Waals surface area contributed by atoms with Crippen LogP contribution >= 0.6 is 11.8 Å². The van der Waals surface area contributed by atoms with Crippen molar-refractivity contribution < 1.29 is 19.8 Å². The van der Waals surface area contributed by atoms with E-state index < -0.39 is 12.1 Å². The van der Waals surface area contributed by atoms with Gasteiger partial charge in [-0.3, -0.25) is 9.59 Å². The molecule has 1 unspecified atom stereocenters. The van der Waals surface area contributed by atoms with Gasteiger partial charge in [-0.1, -0.05) is 26.7 Å². The van der Waals surface area contributed by atoms with E-state index in [-0.39, 0.29) is 29.9 Å². The van der Waals surface area contributed by atoms with Crippen molar-refractivity contribution in [3.05, 3.63) is 0 Å². The molecule has 0 fully saturated rings. The van der Waals surface area contributed by atoms with Crippen molar-refractivity contribution in [3.63, 3.8) is 0 Å². The third-order valence-electron chi connectivity index (χ3n) is 2.56. The average Bonchev–Trinajstić information content (AvgIpc) is 2.27. The highest BCUT2D eigenvalue weighted by Gasteiger charge is 2.16. The number of carboxylic acid groups (broad SMARTS) is 1. The molecule has 3 N–H and O–H groups in total. The lowest BCUT2D eigenvalue weighted by Gasteiger charge is -2.20. The summed E-state index contributed by atoms with van der Waals surface area (Å²) in [5.74, 6) is -0.937.